The summed E-state index contributed by atoms with van der Waals surface area (Å²) in [5.74, 6) is -0.313. The van der Waals surface area contributed by atoms with E-state index in [4.69, 9.17) is 0 Å². The number of hydrogen-bond donors (Lipinski definition) is 1. The zero-order valence-corrected chi connectivity index (χ0v) is 10.2. The number of hydrogen-bond acceptors (Lipinski definition) is 4. The molecule has 1 saturated heterocycles. The third-order valence-corrected chi connectivity index (χ3v) is 3.05. The Hall–Kier alpha value is -2.50. The van der Waals surface area contributed by atoms with Crippen molar-refractivity contribution >= 4 is 22.8 Å². The second-order valence-electron chi connectivity index (χ2n) is 4.31. The highest BCUT2D eigenvalue weighted by Gasteiger charge is 2.23. The normalized spacial score (nSPS) is 15.4. The van der Waals surface area contributed by atoms with E-state index in [-0.39, 0.29) is 18.4 Å². The molecule has 1 aromatic heterocycles. The van der Waals surface area contributed by atoms with Gasteiger partial charge in [-0.2, -0.15) is 0 Å². The molecule has 1 aliphatic rings. The van der Waals surface area contributed by atoms with Crippen molar-refractivity contribution in [3.05, 3.63) is 36.2 Å². The monoisotopic (exact) mass is 256 g/mol. The predicted molar refractivity (Wildman–Crippen MR) is 68.5 cm³/mol. The van der Waals surface area contributed by atoms with Crippen LogP contribution >= 0.6 is 0 Å². The number of rotatable bonds is 1. The highest BCUT2D eigenvalue weighted by molar-refractivity contribution is 6.05. The Labute approximate surface area is 109 Å². The van der Waals surface area contributed by atoms with Crippen molar-refractivity contribution in [3.63, 3.8) is 0 Å². The fraction of sp³-hybridized carbons (Fsp3) is 0.231. The summed E-state index contributed by atoms with van der Waals surface area (Å²) in [4.78, 5) is 33.7. The average Bonchev–Trinajstić information content (AvgIpc) is 2.46. The molecule has 0 radical (unpaired) electrons. The van der Waals surface area contributed by atoms with Gasteiger partial charge in [-0.3, -0.25) is 19.6 Å². The fourth-order valence-corrected chi connectivity index (χ4v) is 2.15. The van der Waals surface area contributed by atoms with Crippen LogP contribution in [-0.4, -0.2) is 46.3 Å². The largest absolute Gasteiger partial charge is 0.353 e. The van der Waals surface area contributed by atoms with Crippen molar-refractivity contribution in [1.82, 2.24) is 20.2 Å². The smallest absolute Gasteiger partial charge is 0.256 e. The van der Waals surface area contributed by atoms with Gasteiger partial charge in [0.15, 0.2) is 0 Å². The van der Waals surface area contributed by atoms with Gasteiger partial charge in [-0.1, -0.05) is 6.07 Å². The van der Waals surface area contributed by atoms with Crippen molar-refractivity contribution < 1.29 is 9.59 Å². The molecule has 2 aromatic rings. The van der Waals surface area contributed by atoms with Crippen molar-refractivity contribution in [2.45, 2.75) is 0 Å². The average molecular weight is 256 g/mol. The standard InChI is InChI=1S/C13H12N4O2/c18-11-8-17(7-6-15-11)13(19)9-2-1-3-10-12(9)16-5-4-14-10/h1-5H,6-8H2,(H,15,18). The summed E-state index contributed by atoms with van der Waals surface area (Å²) < 4.78 is 0. The van der Waals surface area contributed by atoms with Crippen LogP contribution in [0.2, 0.25) is 0 Å². The predicted octanol–water partition coefficient (Wildman–Crippen LogP) is 0.202. The lowest BCUT2D eigenvalue weighted by molar-refractivity contribution is -0.123. The van der Waals surface area contributed by atoms with Crippen LogP contribution in [0.1, 0.15) is 10.4 Å². The van der Waals surface area contributed by atoms with Crippen LogP contribution in [0.25, 0.3) is 11.0 Å². The van der Waals surface area contributed by atoms with Crippen LogP contribution in [-0.2, 0) is 4.79 Å². The molecule has 0 unspecified atom stereocenters. The minimum atomic E-state index is -0.180. The van der Waals surface area contributed by atoms with E-state index in [0.29, 0.717) is 29.7 Å². The van der Waals surface area contributed by atoms with E-state index in [2.05, 4.69) is 15.3 Å². The number of piperazine rings is 1. The van der Waals surface area contributed by atoms with Crippen LogP contribution in [0.4, 0.5) is 0 Å². The molecule has 2 heterocycles. The zero-order valence-electron chi connectivity index (χ0n) is 10.2. The molecule has 0 atom stereocenters. The van der Waals surface area contributed by atoms with E-state index < -0.39 is 0 Å². The van der Waals surface area contributed by atoms with Crippen molar-refractivity contribution in [2.24, 2.45) is 0 Å². The number of benzene rings is 1. The molecule has 1 fully saturated rings. The number of nitrogens with one attached hydrogen (secondary N) is 1. The third kappa shape index (κ3) is 2.12. The first-order valence-electron chi connectivity index (χ1n) is 6.01. The fourth-order valence-electron chi connectivity index (χ4n) is 2.15. The summed E-state index contributed by atoms with van der Waals surface area (Å²) >= 11 is 0. The third-order valence-electron chi connectivity index (χ3n) is 3.05. The van der Waals surface area contributed by atoms with E-state index in [1.54, 1.807) is 24.5 Å². The maximum atomic E-state index is 12.4. The van der Waals surface area contributed by atoms with E-state index in [1.807, 2.05) is 6.07 Å². The number of amides is 2. The molecule has 0 spiro atoms. The summed E-state index contributed by atoms with van der Waals surface area (Å²) in [6.45, 7) is 1.09. The van der Waals surface area contributed by atoms with Gasteiger partial charge in [0, 0.05) is 25.5 Å². The van der Waals surface area contributed by atoms with Gasteiger partial charge in [-0.15, -0.1) is 0 Å². The van der Waals surface area contributed by atoms with Gasteiger partial charge >= 0.3 is 0 Å². The Balaban J connectivity index is 1.99. The minimum absolute atomic E-state index is 0.0927. The Morgan fingerprint density at radius 2 is 2.11 bits per heavy atom. The number of para-hydroxylation sites is 1. The first kappa shape index (κ1) is 11.6. The Morgan fingerprint density at radius 3 is 2.95 bits per heavy atom. The molecule has 2 amide bonds. The van der Waals surface area contributed by atoms with Crippen LogP contribution in [0.15, 0.2) is 30.6 Å². The van der Waals surface area contributed by atoms with Crippen LogP contribution in [0.5, 0.6) is 0 Å². The number of nitrogens with zero attached hydrogens (tertiary/aromatic N) is 3. The summed E-state index contributed by atoms with van der Waals surface area (Å²) in [5.41, 5.74) is 1.73. The van der Waals surface area contributed by atoms with E-state index in [9.17, 15) is 9.59 Å². The number of carbonyl (C=O) groups is 2. The molecule has 1 N–H and O–H groups in total. The molecule has 1 aromatic carbocycles. The van der Waals surface area contributed by atoms with Crippen LogP contribution < -0.4 is 5.32 Å². The number of aromatic nitrogens is 2. The minimum Gasteiger partial charge on any atom is -0.353 e. The number of fused-ring (bicyclic) bond motifs is 1. The van der Waals surface area contributed by atoms with Gasteiger partial charge in [0.05, 0.1) is 17.6 Å². The summed E-state index contributed by atoms with van der Waals surface area (Å²) in [6.07, 6.45) is 3.15. The zero-order chi connectivity index (χ0) is 13.2. The van der Waals surface area contributed by atoms with Gasteiger partial charge in [-0.25, -0.2) is 0 Å². The second kappa shape index (κ2) is 4.64. The Kier molecular flexibility index (Phi) is 2.83. The summed E-state index contributed by atoms with van der Waals surface area (Å²) in [7, 11) is 0. The van der Waals surface area contributed by atoms with Gasteiger partial charge in [-0.05, 0) is 12.1 Å². The molecule has 0 aliphatic carbocycles. The molecule has 1 aliphatic heterocycles. The first-order chi connectivity index (χ1) is 9.25. The van der Waals surface area contributed by atoms with Gasteiger partial charge in [0.1, 0.15) is 5.52 Å². The molecule has 0 saturated carbocycles. The Morgan fingerprint density at radius 1 is 1.26 bits per heavy atom. The van der Waals surface area contributed by atoms with Crippen molar-refractivity contribution in [1.29, 1.82) is 0 Å². The van der Waals surface area contributed by atoms with E-state index >= 15 is 0 Å². The molecule has 0 bridgehead atoms. The van der Waals surface area contributed by atoms with Crippen LogP contribution in [0.3, 0.4) is 0 Å². The topological polar surface area (TPSA) is 75.2 Å². The SMILES string of the molecule is O=C1CN(C(=O)c2cccc3nccnc23)CCN1. The van der Waals surface area contributed by atoms with Crippen molar-refractivity contribution in [3.8, 4) is 0 Å². The van der Waals surface area contributed by atoms with Crippen molar-refractivity contribution in [2.75, 3.05) is 19.6 Å². The Bertz CT molecular complexity index is 651. The van der Waals surface area contributed by atoms with Crippen LogP contribution in [0, 0.1) is 0 Å². The summed E-state index contributed by atoms with van der Waals surface area (Å²) in [6, 6.07) is 5.29. The number of carbonyl (C=O) groups excluding carboxylic acids is 2. The molecule has 19 heavy (non-hydrogen) atoms. The maximum absolute atomic E-state index is 12.4. The van der Waals surface area contributed by atoms with E-state index in [1.165, 1.54) is 4.90 Å². The molecular formula is C13H12N4O2. The molecule has 3 rings (SSSR count). The quantitative estimate of drug-likeness (QED) is 0.791. The highest BCUT2D eigenvalue weighted by atomic mass is 16.2. The van der Waals surface area contributed by atoms with Gasteiger partial charge in [0.2, 0.25) is 5.91 Å². The van der Waals surface area contributed by atoms with Gasteiger partial charge in [0.25, 0.3) is 5.91 Å². The first-order valence-corrected chi connectivity index (χ1v) is 6.01. The lowest BCUT2D eigenvalue weighted by Crippen LogP contribution is -2.50. The van der Waals surface area contributed by atoms with E-state index in [0.717, 1.165) is 0 Å². The molecule has 96 valence electrons. The second-order valence-corrected chi connectivity index (χ2v) is 4.31. The maximum Gasteiger partial charge on any atom is 0.256 e. The summed E-state index contributed by atoms with van der Waals surface area (Å²) in [5, 5.41) is 2.69. The lowest BCUT2D eigenvalue weighted by Gasteiger charge is -2.26. The molecule has 6 nitrogen and oxygen atoms in total. The molecular weight excluding hydrogens is 244 g/mol. The molecule has 6 heteroatoms. The highest BCUT2D eigenvalue weighted by Crippen LogP contribution is 2.16. The van der Waals surface area contributed by atoms with Gasteiger partial charge < -0.3 is 10.2 Å². The lowest BCUT2D eigenvalue weighted by atomic mass is 10.1.